The number of aryl methyl sites for hydroxylation is 2. The van der Waals surface area contributed by atoms with Crippen LogP contribution in [0.5, 0.6) is 0 Å². The van der Waals surface area contributed by atoms with Gasteiger partial charge in [0, 0.05) is 17.7 Å². The van der Waals surface area contributed by atoms with Gasteiger partial charge >= 0.3 is 0 Å². The van der Waals surface area contributed by atoms with Crippen LogP contribution >= 0.6 is 0 Å². The highest BCUT2D eigenvalue weighted by Gasteiger charge is 2.11. The van der Waals surface area contributed by atoms with E-state index in [1.165, 1.54) is 0 Å². The largest absolute Gasteiger partial charge is 0.207 e. The third-order valence-corrected chi connectivity index (χ3v) is 2.89. The van der Waals surface area contributed by atoms with Crippen molar-refractivity contribution in [2.24, 2.45) is 0 Å². The molecule has 0 fully saturated rings. The van der Waals surface area contributed by atoms with Crippen molar-refractivity contribution < 1.29 is 13.2 Å². The molecule has 2 rings (SSSR count). The minimum absolute atomic E-state index is 0.0584. The van der Waals surface area contributed by atoms with Crippen molar-refractivity contribution in [3.63, 3.8) is 0 Å². The summed E-state index contributed by atoms with van der Waals surface area (Å²) >= 11 is 0. The molecule has 0 radical (unpaired) electrons. The van der Waals surface area contributed by atoms with Gasteiger partial charge in [-0.25, -0.2) is 13.2 Å². The zero-order chi connectivity index (χ0) is 13.1. The molecule has 2 aromatic rings. The maximum atomic E-state index is 13.4. The molecule has 0 unspecified atom stereocenters. The van der Waals surface area contributed by atoms with Crippen LogP contribution in [-0.4, -0.2) is 0 Å². The molecule has 0 aliphatic rings. The van der Waals surface area contributed by atoms with Crippen molar-refractivity contribution in [2.45, 2.75) is 19.8 Å². The lowest BCUT2D eigenvalue weighted by atomic mass is 10.0. The summed E-state index contributed by atoms with van der Waals surface area (Å²) in [6.45, 7) is 1.98. The number of halogens is 3. The quantitative estimate of drug-likeness (QED) is 0.766. The van der Waals surface area contributed by atoms with Crippen molar-refractivity contribution in [2.75, 3.05) is 0 Å². The molecule has 0 heterocycles. The molecule has 2 aromatic carbocycles. The van der Waals surface area contributed by atoms with Crippen LogP contribution in [0.2, 0.25) is 0 Å². The molecule has 0 N–H and O–H groups in total. The lowest BCUT2D eigenvalue weighted by Crippen LogP contribution is -2.00. The van der Waals surface area contributed by atoms with Crippen molar-refractivity contribution in [3.8, 4) is 0 Å². The number of benzene rings is 2. The van der Waals surface area contributed by atoms with Crippen LogP contribution in [0.1, 0.15) is 16.7 Å². The fourth-order valence-corrected chi connectivity index (χ4v) is 1.84. The molecule has 0 saturated heterocycles. The molecule has 0 aromatic heterocycles. The van der Waals surface area contributed by atoms with Gasteiger partial charge in [-0.2, -0.15) is 0 Å². The molecule has 94 valence electrons. The Morgan fingerprint density at radius 1 is 0.833 bits per heavy atom. The Labute approximate surface area is 104 Å². The Bertz CT molecular complexity index is 521. The first-order valence-electron chi connectivity index (χ1n) is 5.75. The van der Waals surface area contributed by atoms with Crippen LogP contribution in [0, 0.1) is 24.4 Å². The van der Waals surface area contributed by atoms with Gasteiger partial charge in [0.1, 0.15) is 17.5 Å². The molecule has 0 atom stereocenters. The first kappa shape index (κ1) is 12.7. The van der Waals surface area contributed by atoms with Gasteiger partial charge in [0.15, 0.2) is 0 Å². The van der Waals surface area contributed by atoms with Crippen LogP contribution < -0.4 is 0 Å². The first-order chi connectivity index (χ1) is 8.56. The zero-order valence-electron chi connectivity index (χ0n) is 10.0. The molecular formula is C15H13F3. The van der Waals surface area contributed by atoms with Crippen LogP contribution in [0.4, 0.5) is 13.2 Å². The lowest BCUT2D eigenvalue weighted by molar-refractivity contribution is 0.523. The predicted octanol–water partition coefficient (Wildman–Crippen LogP) is 4.20. The standard InChI is InChI=1S/C15H13F3/c1-10-2-4-11(5-3-10)6-7-13-14(17)8-12(16)9-15(13)18/h2-5,8-9H,6-7H2,1H3. The predicted molar refractivity (Wildman–Crippen MR) is 64.9 cm³/mol. The highest BCUT2D eigenvalue weighted by Crippen LogP contribution is 2.17. The summed E-state index contributed by atoms with van der Waals surface area (Å²) < 4.78 is 39.5. The normalized spacial score (nSPS) is 10.7. The topological polar surface area (TPSA) is 0 Å². The Hall–Kier alpha value is -1.77. The highest BCUT2D eigenvalue weighted by atomic mass is 19.1. The highest BCUT2D eigenvalue weighted by molar-refractivity contribution is 5.25. The molecule has 0 spiro atoms. The van der Waals surface area contributed by atoms with Crippen molar-refractivity contribution in [1.82, 2.24) is 0 Å². The second kappa shape index (κ2) is 5.25. The van der Waals surface area contributed by atoms with E-state index in [0.29, 0.717) is 18.6 Å². The van der Waals surface area contributed by atoms with Crippen LogP contribution in [0.15, 0.2) is 36.4 Å². The fraction of sp³-hybridized carbons (Fsp3) is 0.200. The molecule has 0 aliphatic heterocycles. The Morgan fingerprint density at radius 2 is 1.39 bits per heavy atom. The van der Waals surface area contributed by atoms with Gasteiger partial charge in [-0.3, -0.25) is 0 Å². The molecule has 18 heavy (non-hydrogen) atoms. The Kier molecular flexibility index (Phi) is 3.70. The summed E-state index contributed by atoms with van der Waals surface area (Å²) in [5.41, 5.74) is 2.08. The average Bonchev–Trinajstić information content (AvgIpc) is 2.30. The van der Waals surface area contributed by atoms with Crippen molar-refractivity contribution in [1.29, 1.82) is 0 Å². The summed E-state index contributed by atoms with van der Waals surface area (Å²) in [7, 11) is 0. The molecule has 0 bridgehead atoms. The summed E-state index contributed by atoms with van der Waals surface area (Å²) in [6.07, 6.45) is 0.751. The van der Waals surface area contributed by atoms with E-state index in [9.17, 15) is 13.2 Å². The number of hydrogen-bond donors (Lipinski definition) is 0. The molecule has 0 saturated carbocycles. The third-order valence-electron chi connectivity index (χ3n) is 2.89. The average molecular weight is 250 g/mol. The zero-order valence-corrected chi connectivity index (χ0v) is 10.0. The fourth-order valence-electron chi connectivity index (χ4n) is 1.84. The second-order valence-corrected chi connectivity index (χ2v) is 4.33. The van der Waals surface area contributed by atoms with E-state index < -0.39 is 17.5 Å². The van der Waals surface area contributed by atoms with E-state index >= 15 is 0 Å². The third kappa shape index (κ3) is 2.92. The summed E-state index contributed by atoms with van der Waals surface area (Å²) in [5, 5.41) is 0. The lowest BCUT2D eigenvalue weighted by Gasteiger charge is -2.06. The summed E-state index contributed by atoms with van der Waals surface area (Å²) in [6, 6.07) is 9.18. The van der Waals surface area contributed by atoms with Gasteiger partial charge in [-0.1, -0.05) is 29.8 Å². The van der Waals surface area contributed by atoms with E-state index in [-0.39, 0.29) is 12.0 Å². The van der Waals surface area contributed by atoms with E-state index in [1.54, 1.807) is 0 Å². The molecule has 0 amide bonds. The minimum atomic E-state index is -0.885. The SMILES string of the molecule is Cc1ccc(CCc2c(F)cc(F)cc2F)cc1. The monoisotopic (exact) mass is 250 g/mol. The maximum absolute atomic E-state index is 13.4. The number of rotatable bonds is 3. The Morgan fingerprint density at radius 3 is 1.94 bits per heavy atom. The molecular weight excluding hydrogens is 237 g/mol. The first-order valence-corrected chi connectivity index (χ1v) is 5.75. The van der Waals surface area contributed by atoms with Gasteiger partial charge < -0.3 is 0 Å². The minimum Gasteiger partial charge on any atom is -0.207 e. The van der Waals surface area contributed by atoms with Gasteiger partial charge in [-0.05, 0) is 25.3 Å². The number of hydrogen-bond acceptors (Lipinski definition) is 0. The molecule has 0 nitrogen and oxygen atoms in total. The van der Waals surface area contributed by atoms with E-state index in [1.807, 2.05) is 31.2 Å². The van der Waals surface area contributed by atoms with E-state index in [4.69, 9.17) is 0 Å². The van der Waals surface area contributed by atoms with Gasteiger partial charge in [0.2, 0.25) is 0 Å². The van der Waals surface area contributed by atoms with E-state index in [0.717, 1.165) is 11.1 Å². The molecule has 3 heteroatoms. The summed E-state index contributed by atoms with van der Waals surface area (Å²) in [4.78, 5) is 0. The van der Waals surface area contributed by atoms with Gasteiger partial charge in [0.05, 0.1) is 0 Å². The van der Waals surface area contributed by atoms with Gasteiger partial charge in [0.25, 0.3) is 0 Å². The van der Waals surface area contributed by atoms with Crippen LogP contribution in [-0.2, 0) is 12.8 Å². The second-order valence-electron chi connectivity index (χ2n) is 4.33. The smallest absolute Gasteiger partial charge is 0.132 e. The summed E-state index contributed by atoms with van der Waals surface area (Å²) in [5.74, 6) is -2.52. The Balaban J connectivity index is 2.13. The van der Waals surface area contributed by atoms with E-state index in [2.05, 4.69) is 0 Å². The molecule has 0 aliphatic carbocycles. The van der Waals surface area contributed by atoms with Crippen molar-refractivity contribution >= 4 is 0 Å². The van der Waals surface area contributed by atoms with Crippen molar-refractivity contribution in [3.05, 3.63) is 70.5 Å². The van der Waals surface area contributed by atoms with Gasteiger partial charge in [-0.15, -0.1) is 0 Å². The van der Waals surface area contributed by atoms with Crippen LogP contribution in [0.3, 0.4) is 0 Å². The maximum Gasteiger partial charge on any atom is 0.132 e. The van der Waals surface area contributed by atoms with Crippen LogP contribution in [0.25, 0.3) is 0 Å².